The molecule has 2 fully saturated rings. The fraction of sp³-hybridized carbons (Fsp3) is 0.556. The van der Waals surface area contributed by atoms with Crippen molar-refractivity contribution < 1.29 is 9.59 Å². The number of carbonyl (C=O) groups is 2. The van der Waals surface area contributed by atoms with E-state index >= 15 is 0 Å². The van der Waals surface area contributed by atoms with Gasteiger partial charge in [-0.3, -0.25) is 14.5 Å². The zero-order valence-electron chi connectivity index (χ0n) is 14.2. The number of anilines is 1. The van der Waals surface area contributed by atoms with Gasteiger partial charge in [0.2, 0.25) is 11.8 Å². The summed E-state index contributed by atoms with van der Waals surface area (Å²) in [6.45, 7) is 5.63. The molecule has 2 aliphatic rings. The van der Waals surface area contributed by atoms with Crippen LogP contribution in [0.3, 0.4) is 0 Å². The molecule has 1 aromatic carbocycles. The number of carbonyl (C=O) groups excluding carboxylic acids is 2. The van der Waals surface area contributed by atoms with Crippen LogP contribution in [0.1, 0.15) is 12.0 Å². The second-order valence-corrected chi connectivity index (χ2v) is 7.80. The number of likely N-dealkylation sites (tertiary alicyclic amines) is 1. The van der Waals surface area contributed by atoms with Gasteiger partial charge >= 0.3 is 0 Å². The highest BCUT2D eigenvalue weighted by Crippen LogP contribution is 2.21. The predicted octanol–water partition coefficient (Wildman–Crippen LogP) is 1.83. The fourth-order valence-corrected chi connectivity index (χ4v) is 4.16. The molecule has 6 heteroatoms. The Balaban J connectivity index is 1.46. The molecular formula is C18H25N3O2S. The van der Waals surface area contributed by atoms with Gasteiger partial charge in [-0.15, -0.1) is 0 Å². The van der Waals surface area contributed by atoms with Crippen molar-refractivity contribution in [1.29, 1.82) is 0 Å². The predicted molar refractivity (Wildman–Crippen MR) is 98.3 cm³/mol. The molecule has 5 nitrogen and oxygen atoms in total. The average molecular weight is 347 g/mol. The van der Waals surface area contributed by atoms with Crippen molar-refractivity contribution in [3.63, 3.8) is 0 Å². The Morgan fingerprint density at radius 3 is 2.58 bits per heavy atom. The molecule has 1 unspecified atom stereocenters. The van der Waals surface area contributed by atoms with Gasteiger partial charge in [0.15, 0.2) is 0 Å². The van der Waals surface area contributed by atoms with Gasteiger partial charge in [-0.25, -0.2) is 0 Å². The van der Waals surface area contributed by atoms with Gasteiger partial charge in [-0.1, -0.05) is 17.7 Å². The van der Waals surface area contributed by atoms with Crippen LogP contribution in [-0.4, -0.2) is 65.8 Å². The first-order valence-electron chi connectivity index (χ1n) is 8.57. The molecule has 0 bridgehead atoms. The smallest absolute Gasteiger partial charge is 0.238 e. The van der Waals surface area contributed by atoms with Gasteiger partial charge in [0.1, 0.15) is 0 Å². The van der Waals surface area contributed by atoms with Crippen LogP contribution in [0.2, 0.25) is 0 Å². The van der Waals surface area contributed by atoms with E-state index in [4.69, 9.17) is 0 Å². The Hall–Kier alpha value is -1.53. The SMILES string of the molecule is Cc1ccc(NC(=O)CN2CCC(C(=O)N3CCSCC3)C2)cc1. The maximum atomic E-state index is 12.5. The lowest BCUT2D eigenvalue weighted by molar-refractivity contribution is -0.134. The monoisotopic (exact) mass is 347 g/mol. The quantitative estimate of drug-likeness (QED) is 0.903. The highest BCUT2D eigenvalue weighted by atomic mass is 32.2. The van der Waals surface area contributed by atoms with Crippen molar-refractivity contribution in [2.24, 2.45) is 5.92 Å². The van der Waals surface area contributed by atoms with Gasteiger partial charge in [0.05, 0.1) is 12.5 Å². The number of amides is 2. The summed E-state index contributed by atoms with van der Waals surface area (Å²) in [6.07, 6.45) is 0.861. The van der Waals surface area contributed by atoms with Gasteiger partial charge in [-0.2, -0.15) is 11.8 Å². The van der Waals surface area contributed by atoms with Gasteiger partial charge in [0.25, 0.3) is 0 Å². The molecule has 24 heavy (non-hydrogen) atoms. The van der Waals surface area contributed by atoms with Crippen molar-refractivity contribution >= 4 is 29.3 Å². The number of rotatable bonds is 4. The van der Waals surface area contributed by atoms with Gasteiger partial charge in [0, 0.05) is 36.8 Å². The minimum atomic E-state index is -0.0127. The summed E-state index contributed by atoms with van der Waals surface area (Å²) < 4.78 is 0. The summed E-state index contributed by atoms with van der Waals surface area (Å²) in [5, 5.41) is 2.92. The van der Waals surface area contributed by atoms with Crippen molar-refractivity contribution in [1.82, 2.24) is 9.80 Å². The number of hydrogen-bond donors (Lipinski definition) is 1. The van der Waals surface area contributed by atoms with Gasteiger partial charge in [-0.05, 0) is 32.0 Å². The summed E-state index contributed by atoms with van der Waals surface area (Å²) in [6, 6.07) is 7.80. The minimum absolute atomic E-state index is 0.0127. The summed E-state index contributed by atoms with van der Waals surface area (Å²) >= 11 is 1.91. The third kappa shape index (κ3) is 4.51. The highest BCUT2D eigenvalue weighted by Gasteiger charge is 2.32. The lowest BCUT2D eigenvalue weighted by Gasteiger charge is -2.28. The molecule has 0 saturated carbocycles. The van der Waals surface area contributed by atoms with Crippen LogP contribution in [0, 0.1) is 12.8 Å². The molecule has 0 aliphatic carbocycles. The van der Waals surface area contributed by atoms with E-state index in [-0.39, 0.29) is 17.7 Å². The maximum Gasteiger partial charge on any atom is 0.238 e. The molecule has 1 atom stereocenters. The lowest BCUT2D eigenvalue weighted by Crippen LogP contribution is -2.42. The maximum absolute atomic E-state index is 12.5. The zero-order valence-corrected chi connectivity index (χ0v) is 15.0. The third-order valence-electron chi connectivity index (χ3n) is 4.65. The normalized spacial score (nSPS) is 21.7. The summed E-state index contributed by atoms with van der Waals surface area (Å²) in [5.41, 5.74) is 1.99. The van der Waals surface area contributed by atoms with Crippen LogP contribution >= 0.6 is 11.8 Å². The Labute approximate surface area is 147 Å². The van der Waals surface area contributed by atoms with E-state index in [9.17, 15) is 9.59 Å². The largest absolute Gasteiger partial charge is 0.341 e. The number of nitrogens with one attached hydrogen (secondary N) is 1. The Morgan fingerprint density at radius 2 is 1.88 bits per heavy atom. The number of thioether (sulfide) groups is 1. The summed E-state index contributed by atoms with van der Waals surface area (Å²) in [4.78, 5) is 28.8. The molecule has 0 spiro atoms. The molecule has 2 saturated heterocycles. The van der Waals surface area contributed by atoms with E-state index in [1.165, 1.54) is 5.56 Å². The van der Waals surface area contributed by atoms with Crippen molar-refractivity contribution in [3.8, 4) is 0 Å². The van der Waals surface area contributed by atoms with E-state index in [0.29, 0.717) is 13.1 Å². The second kappa shape index (κ2) is 8.03. The number of hydrogen-bond acceptors (Lipinski definition) is 4. The van der Waals surface area contributed by atoms with Crippen molar-refractivity contribution in [3.05, 3.63) is 29.8 Å². The second-order valence-electron chi connectivity index (χ2n) is 6.57. The molecule has 0 radical (unpaired) electrons. The molecule has 2 amide bonds. The molecule has 1 aromatic rings. The summed E-state index contributed by atoms with van der Waals surface area (Å²) in [7, 11) is 0. The van der Waals surface area contributed by atoms with Gasteiger partial charge < -0.3 is 10.2 Å². The van der Waals surface area contributed by atoms with E-state index < -0.39 is 0 Å². The zero-order chi connectivity index (χ0) is 16.9. The standard InChI is InChI=1S/C18H25N3O2S/c1-14-2-4-16(5-3-14)19-17(22)13-20-7-6-15(12-20)18(23)21-8-10-24-11-9-21/h2-5,15H,6-13H2,1H3,(H,19,22). The van der Waals surface area contributed by atoms with E-state index in [1.807, 2.05) is 47.9 Å². The first kappa shape index (κ1) is 17.3. The third-order valence-corrected chi connectivity index (χ3v) is 5.59. The average Bonchev–Trinajstić information content (AvgIpc) is 3.05. The molecule has 0 aromatic heterocycles. The minimum Gasteiger partial charge on any atom is -0.341 e. The Morgan fingerprint density at radius 1 is 1.17 bits per heavy atom. The first-order valence-corrected chi connectivity index (χ1v) is 9.73. The first-order chi connectivity index (χ1) is 11.6. The molecule has 1 N–H and O–H groups in total. The van der Waals surface area contributed by atoms with Crippen molar-refractivity contribution in [2.45, 2.75) is 13.3 Å². The molecule has 130 valence electrons. The lowest BCUT2D eigenvalue weighted by atomic mass is 10.1. The fourth-order valence-electron chi connectivity index (χ4n) is 3.26. The van der Waals surface area contributed by atoms with Crippen LogP contribution in [0.4, 0.5) is 5.69 Å². The molecule has 3 rings (SSSR count). The highest BCUT2D eigenvalue weighted by molar-refractivity contribution is 7.99. The number of benzene rings is 1. The number of nitrogens with zero attached hydrogens (tertiary/aromatic N) is 2. The van der Waals surface area contributed by atoms with Crippen LogP contribution in [0.5, 0.6) is 0 Å². The molecule has 2 heterocycles. The topological polar surface area (TPSA) is 52.7 Å². The van der Waals surface area contributed by atoms with E-state index in [1.54, 1.807) is 0 Å². The molecule has 2 aliphatic heterocycles. The Kier molecular flexibility index (Phi) is 5.79. The molecular weight excluding hydrogens is 322 g/mol. The van der Waals surface area contributed by atoms with E-state index in [2.05, 4.69) is 10.2 Å². The number of aryl methyl sites for hydroxylation is 1. The van der Waals surface area contributed by atoms with Crippen LogP contribution < -0.4 is 5.32 Å². The van der Waals surface area contributed by atoms with Crippen LogP contribution in [-0.2, 0) is 9.59 Å². The van der Waals surface area contributed by atoms with Crippen LogP contribution in [0.25, 0.3) is 0 Å². The van der Waals surface area contributed by atoms with E-state index in [0.717, 1.165) is 43.2 Å². The summed E-state index contributed by atoms with van der Waals surface area (Å²) in [5.74, 6) is 2.40. The van der Waals surface area contributed by atoms with Crippen LogP contribution in [0.15, 0.2) is 24.3 Å². The Bertz CT molecular complexity index is 584. The van der Waals surface area contributed by atoms with Crippen molar-refractivity contribution in [2.75, 3.05) is 49.5 Å².